The summed E-state index contributed by atoms with van der Waals surface area (Å²) < 4.78 is 12.2. The molecule has 2 aliphatic rings. The molecule has 0 radical (unpaired) electrons. The molecule has 0 saturated heterocycles. The average molecular weight is 582 g/mol. The fourth-order valence-corrected chi connectivity index (χ4v) is 4.91. The van der Waals surface area contributed by atoms with E-state index in [0.717, 1.165) is 12.8 Å². The molecule has 0 aromatic heterocycles. The molecule has 0 spiro atoms. The highest BCUT2D eigenvalue weighted by molar-refractivity contribution is 6.01. The second-order valence-corrected chi connectivity index (χ2v) is 10.3. The summed E-state index contributed by atoms with van der Waals surface area (Å²) in [7, 11) is 0. The number of hydrogen-bond donors (Lipinski definition) is 3. The van der Waals surface area contributed by atoms with Gasteiger partial charge in [-0.15, -0.1) is 0 Å². The molecule has 3 aromatic carbocycles. The molecule has 220 valence electrons. The van der Waals surface area contributed by atoms with Crippen LogP contribution in [0.15, 0.2) is 88.0 Å². The van der Waals surface area contributed by atoms with Crippen molar-refractivity contribution in [2.45, 2.75) is 37.3 Å². The maximum Gasteiger partial charge on any atom is 0.266 e. The lowest BCUT2D eigenvalue weighted by Crippen LogP contribution is -2.54. The van der Waals surface area contributed by atoms with Crippen LogP contribution in [-0.2, 0) is 16.0 Å². The van der Waals surface area contributed by atoms with Gasteiger partial charge in [0.2, 0.25) is 5.90 Å². The Hall–Kier alpha value is -5.06. The van der Waals surface area contributed by atoms with Gasteiger partial charge in [0.15, 0.2) is 11.6 Å². The summed E-state index contributed by atoms with van der Waals surface area (Å²) in [5, 5.41) is 16.7. The number of aliphatic imine (C=N–C) groups is 1. The third-order valence-electron chi connectivity index (χ3n) is 7.30. The number of hydrazine groups is 1. The lowest BCUT2D eigenvalue weighted by molar-refractivity contribution is -0.130. The number of amides is 1. The van der Waals surface area contributed by atoms with Gasteiger partial charge in [-0.2, -0.15) is 0 Å². The molecule has 1 fully saturated rings. The minimum absolute atomic E-state index is 0.0141. The number of ether oxygens (including phenoxy) is 2. The number of nitrogens with zero attached hydrogens (tertiary/aromatic N) is 7. The van der Waals surface area contributed by atoms with E-state index >= 15 is 0 Å². The van der Waals surface area contributed by atoms with Gasteiger partial charge < -0.3 is 14.6 Å². The monoisotopic (exact) mass is 581 g/mol. The number of benzene rings is 3. The highest BCUT2D eigenvalue weighted by Crippen LogP contribution is 2.46. The molecule has 1 heterocycles. The number of carbonyl (C=O) groups is 1. The van der Waals surface area contributed by atoms with Crippen LogP contribution in [0.5, 0.6) is 5.75 Å². The second-order valence-electron chi connectivity index (χ2n) is 10.3. The van der Waals surface area contributed by atoms with E-state index in [0.29, 0.717) is 59.3 Å². The molecule has 5 rings (SSSR count). The molecule has 1 aliphatic carbocycles. The fraction of sp³-hybridized carbons (Fsp3) is 0.333. The van der Waals surface area contributed by atoms with Crippen molar-refractivity contribution < 1.29 is 19.4 Å². The molecule has 2 atom stereocenters. The third kappa shape index (κ3) is 6.88. The summed E-state index contributed by atoms with van der Waals surface area (Å²) in [5.74, 6) is 0.864. The zero-order valence-corrected chi connectivity index (χ0v) is 23.3. The maximum absolute atomic E-state index is 14.3. The number of rotatable bonds is 14. The van der Waals surface area contributed by atoms with E-state index in [2.05, 4.69) is 30.9 Å². The summed E-state index contributed by atoms with van der Waals surface area (Å²) in [5.41, 5.74) is 25.1. The molecule has 43 heavy (non-hydrogen) atoms. The summed E-state index contributed by atoms with van der Waals surface area (Å²) in [4.78, 5) is 25.2. The highest BCUT2D eigenvalue weighted by Gasteiger charge is 2.54. The molecular weight excluding hydrogens is 550 g/mol. The Balaban J connectivity index is 1.61. The van der Waals surface area contributed by atoms with E-state index in [1.165, 1.54) is 0 Å². The molecule has 0 bridgehead atoms. The zero-order valence-electron chi connectivity index (χ0n) is 23.3. The largest absolute Gasteiger partial charge is 0.494 e. The lowest BCUT2D eigenvalue weighted by Gasteiger charge is -2.31. The van der Waals surface area contributed by atoms with Crippen LogP contribution in [0.3, 0.4) is 0 Å². The zero-order chi connectivity index (χ0) is 30.1. The van der Waals surface area contributed by atoms with Gasteiger partial charge in [-0.1, -0.05) is 58.8 Å². The van der Waals surface area contributed by atoms with E-state index in [1.54, 1.807) is 72.8 Å². The van der Waals surface area contributed by atoms with Gasteiger partial charge in [0.1, 0.15) is 5.75 Å². The highest BCUT2D eigenvalue weighted by atomic mass is 16.5. The van der Waals surface area contributed by atoms with Crippen LogP contribution in [0.1, 0.15) is 42.1 Å². The smallest absolute Gasteiger partial charge is 0.266 e. The summed E-state index contributed by atoms with van der Waals surface area (Å²) >= 11 is 0. The predicted octanol–water partition coefficient (Wildman–Crippen LogP) is 5.86. The van der Waals surface area contributed by atoms with Crippen molar-refractivity contribution in [2.75, 3.05) is 19.8 Å². The van der Waals surface area contributed by atoms with Crippen LogP contribution in [0, 0.1) is 5.92 Å². The lowest BCUT2D eigenvalue weighted by atomic mass is 9.81. The van der Waals surface area contributed by atoms with Gasteiger partial charge in [0.05, 0.1) is 6.61 Å². The summed E-state index contributed by atoms with van der Waals surface area (Å²) in [6, 6.07) is 20.9. The first-order chi connectivity index (χ1) is 21.1. The summed E-state index contributed by atoms with van der Waals surface area (Å²) in [6.45, 7) is 1.02. The molecule has 1 amide bonds. The first-order valence-corrected chi connectivity index (χ1v) is 14.0. The first-order valence-electron chi connectivity index (χ1n) is 14.0. The normalized spacial score (nSPS) is 18.9. The van der Waals surface area contributed by atoms with E-state index in [4.69, 9.17) is 19.6 Å². The average Bonchev–Trinajstić information content (AvgIpc) is 3.78. The van der Waals surface area contributed by atoms with Crippen molar-refractivity contribution in [1.29, 1.82) is 0 Å². The molecule has 1 saturated carbocycles. The molecule has 1 aliphatic heterocycles. The Morgan fingerprint density at radius 1 is 1.02 bits per heavy atom. The standard InChI is InChI=1S/C30H31N9O4/c31-38-35-25-8-3-1-6-22(25)18-30(29(41)37-33-19-20-10-11-20)27(24-7-2-4-9-26(24)36-39-32)43-28(34-30)21-12-14-23(15-13-21)42-17-5-16-40/h1-4,6-9,12-15,20,27,33,40H,5,10-11,16-19H2,(H,37,41)/t27-,30-/m0/s1. The van der Waals surface area contributed by atoms with Crippen molar-refractivity contribution in [3.63, 3.8) is 0 Å². The van der Waals surface area contributed by atoms with Gasteiger partial charge in [-0.05, 0) is 59.7 Å². The number of aliphatic hydroxyl groups is 1. The fourth-order valence-electron chi connectivity index (χ4n) is 4.91. The van der Waals surface area contributed by atoms with Crippen molar-refractivity contribution >= 4 is 23.2 Å². The Bertz CT molecular complexity index is 1580. The Labute approximate surface area is 247 Å². The van der Waals surface area contributed by atoms with Crippen LogP contribution in [0.2, 0.25) is 0 Å². The van der Waals surface area contributed by atoms with E-state index in [1.807, 2.05) is 0 Å². The van der Waals surface area contributed by atoms with Crippen molar-refractivity contribution in [2.24, 2.45) is 21.1 Å². The molecule has 3 aromatic rings. The van der Waals surface area contributed by atoms with Crippen molar-refractivity contribution in [3.05, 3.63) is 110 Å². The number of nitrogens with one attached hydrogen (secondary N) is 2. The predicted molar refractivity (Wildman–Crippen MR) is 160 cm³/mol. The molecule has 13 heteroatoms. The molecule has 13 nitrogen and oxygen atoms in total. The second kappa shape index (κ2) is 13.7. The quantitative estimate of drug-likeness (QED) is 0.0705. The van der Waals surface area contributed by atoms with Crippen LogP contribution >= 0.6 is 0 Å². The van der Waals surface area contributed by atoms with Gasteiger partial charge in [-0.25, -0.2) is 10.4 Å². The Kier molecular flexibility index (Phi) is 9.40. The summed E-state index contributed by atoms with van der Waals surface area (Å²) in [6.07, 6.45) is 1.71. The van der Waals surface area contributed by atoms with Gasteiger partial charge in [-0.3, -0.25) is 10.2 Å². The van der Waals surface area contributed by atoms with Gasteiger partial charge >= 0.3 is 0 Å². The third-order valence-corrected chi connectivity index (χ3v) is 7.30. The Morgan fingerprint density at radius 2 is 1.72 bits per heavy atom. The van der Waals surface area contributed by atoms with Crippen LogP contribution in [0.4, 0.5) is 11.4 Å². The van der Waals surface area contributed by atoms with Crippen LogP contribution in [-0.4, -0.2) is 42.2 Å². The molecule has 0 unspecified atom stereocenters. The van der Waals surface area contributed by atoms with E-state index in [-0.39, 0.29) is 18.9 Å². The Morgan fingerprint density at radius 3 is 2.44 bits per heavy atom. The molecule has 3 N–H and O–H groups in total. The number of aliphatic hydroxyl groups excluding tert-OH is 1. The minimum Gasteiger partial charge on any atom is -0.494 e. The first kappa shape index (κ1) is 29.4. The van der Waals surface area contributed by atoms with E-state index in [9.17, 15) is 15.9 Å². The SMILES string of the molecule is [N-]=[N+]=Nc1ccccc1C[C@]1(C(=O)NNCC2CC2)N=C(c2ccc(OCCCO)cc2)O[C@H]1c1ccccc1N=[N+]=[N-]. The number of azide groups is 2. The van der Waals surface area contributed by atoms with Crippen molar-refractivity contribution in [3.8, 4) is 5.75 Å². The number of hydrogen-bond acceptors (Lipinski definition) is 8. The molecular formula is C30H31N9O4. The van der Waals surface area contributed by atoms with Gasteiger partial charge in [0, 0.05) is 58.3 Å². The van der Waals surface area contributed by atoms with Crippen LogP contribution in [0.25, 0.3) is 20.9 Å². The maximum atomic E-state index is 14.3. The number of carbonyl (C=O) groups excluding carboxylic acids is 1. The topological polar surface area (TPSA) is 190 Å². The minimum atomic E-state index is -1.59. The van der Waals surface area contributed by atoms with Crippen LogP contribution < -0.4 is 15.6 Å². The van der Waals surface area contributed by atoms with Crippen molar-refractivity contribution in [1.82, 2.24) is 10.9 Å². The van der Waals surface area contributed by atoms with Gasteiger partial charge in [0.25, 0.3) is 5.91 Å². The van der Waals surface area contributed by atoms with E-state index < -0.39 is 17.6 Å².